The lowest BCUT2D eigenvalue weighted by Crippen LogP contribution is -2.42. The van der Waals surface area contributed by atoms with Crippen LogP contribution in [0.15, 0.2) is 0 Å². The highest BCUT2D eigenvalue weighted by Gasteiger charge is 2.23. The van der Waals surface area contributed by atoms with Crippen LogP contribution in [0.3, 0.4) is 0 Å². The Kier molecular flexibility index (Phi) is 5.45. The maximum Gasteiger partial charge on any atom is 0.317 e. The smallest absolute Gasteiger partial charge is 0.317 e. The summed E-state index contributed by atoms with van der Waals surface area (Å²) in [4.78, 5) is 13.1. The molecule has 0 radical (unpaired) electrons. The first-order chi connectivity index (χ1) is 8.74. The Labute approximate surface area is 110 Å². The van der Waals surface area contributed by atoms with Crippen molar-refractivity contribution in [2.24, 2.45) is 11.8 Å². The van der Waals surface area contributed by atoms with Crippen molar-refractivity contribution in [3.63, 3.8) is 0 Å². The first kappa shape index (κ1) is 13.8. The van der Waals surface area contributed by atoms with Crippen molar-refractivity contribution in [2.45, 2.75) is 38.5 Å². The number of nitrogens with one attached hydrogen (secondary N) is 1. The Morgan fingerprint density at radius 2 is 1.89 bits per heavy atom. The normalized spacial score (nSPS) is 26.6. The van der Waals surface area contributed by atoms with E-state index in [9.17, 15) is 4.79 Å². The van der Waals surface area contributed by atoms with E-state index in [1.165, 1.54) is 51.6 Å². The molecule has 4 nitrogen and oxygen atoms in total. The molecule has 0 aromatic rings. The predicted octanol–water partition coefficient (Wildman–Crippen LogP) is 1.56. The van der Waals surface area contributed by atoms with E-state index in [0.717, 1.165) is 19.0 Å². The molecule has 1 aliphatic heterocycles. The van der Waals surface area contributed by atoms with Gasteiger partial charge in [0.1, 0.15) is 0 Å². The van der Waals surface area contributed by atoms with Gasteiger partial charge in [0.2, 0.25) is 0 Å². The fourth-order valence-electron chi connectivity index (χ4n) is 3.43. The topological polar surface area (TPSA) is 52.6 Å². The van der Waals surface area contributed by atoms with Crippen molar-refractivity contribution < 1.29 is 9.90 Å². The molecule has 104 valence electrons. The van der Waals surface area contributed by atoms with Gasteiger partial charge in [-0.25, -0.2) is 0 Å². The fraction of sp³-hybridized carbons (Fsp3) is 0.929. The third kappa shape index (κ3) is 4.58. The number of likely N-dealkylation sites (tertiary alicyclic amines) is 1. The zero-order chi connectivity index (χ0) is 12.8. The molecule has 2 aliphatic rings. The summed E-state index contributed by atoms with van der Waals surface area (Å²) in [6.07, 6.45) is 8.18. The molecule has 1 aliphatic carbocycles. The standard InChI is InChI=1S/C14H26N2O2/c17-14(18)9-15-8-13-6-3-7-16(11-13)10-12-4-1-2-5-12/h12-13,15H,1-11H2,(H,17,18). The fourth-order valence-corrected chi connectivity index (χ4v) is 3.43. The van der Waals surface area contributed by atoms with Gasteiger partial charge in [0.25, 0.3) is 0 Å². The van der Waals surface area contributed by atoms with Gasteiger partial charge in [0.05, 0.1) is 6.54 Å². The van der Waals surface area contributed by atoms with Gasteiger partial charge >= 0.3 is 5.97 Å². The lowest BCUT2D eigenvalue weighted by Gasteiger charge is -2.34. The molecule has 0 aromatic heterocycles. The van der Waals surface area contributed by atoms with Crippen molar-refractivity contribution in [1.82, 2.24) is 10.2 Å². The Hall–Kier alpha value is -0.610. The molecule has 0 amide bonds. The maximum atomic E-state index is 10.5. The third-order valence-electron chi connectivity index (χ3n) is 4.30. The Bertz CT molecular complexity index is 265. The molecule has 18 heavy (non-hydrogen) atoms. The molecule has 1 saturated carbocycles. The van der Waals surface area contributed by atoms with Gasteiger partial charge in [0.15, 0.2) is 0 Å². The van der Waals surface area contributed by atoms with E-state index in [1.54, 1.807) is 0 Å². The number of carbonyl (C=O) groups is 1. The van der Waals surface area contributed by atoms with Crippen molar-refractivity contribution >= 4 is 5.97 Å². The lowest BCUT2D eigenvalue weighted by molar-refractivity contribution is -0.136. The number of nitrogens with zero attached hydrogens (tertiary/aromatic N) is 1. The van der Waals surface area contributed by atoms with Crippen LogP contribution in [0.5, 0.6) is 0 Å². The molecule has 0 aromatic carbocycles. The summed E-state index contributed by atoms with van der Waals surface area (Å²) < 4.78 is 0. The molecule has 2 N–H and O–H groups in total. The van der Waals surface area contributed by atoms with Crippen LogP contribution < -0.4 is 5.32 Å². The summed E-state index contributed by atoms with van der Waals surface area (Å²) in [5.74, 6) is 0.809. The second-order valence-electron chi connectivity index (χ2n) is 5.94. The van der Waals surface area contributed by atoms with E-state index in [2.05, 4.69) is 10.2 Å². The minimum absolute atomic E-state index is 0.0964. The van der Waals surface area contributed by atoms with Crippen molar-refractivity contribution in [1.29, 1.82) is 0 Å². The number of hydrogen-bond donors (Lipinski definition) is 2. The molecular formula is C14H26N2O2. The van der Waals surface area contributed by atoms with Crippen LogP contribution in [0.1, 0.15) is 38.5 Å². The van der Waals surface area contributed by atoms with Gasteiger partial charge < -0.3 is 15.3 Å². The van der Waals surface area contributed by atoms with Crippen molar-refractivity contribution in [3.8, 4) is 0 Å². The minimum atomic E-state index is -0.756. The molecule has 0 bridgehead atoms. The van der Waals surface area contributed by atoms with E-state index in [0.29, 0.717) is 5.92 Å². The molecule has 1 atom stereocenters. The molecule has 1 unspecified atom stereocenters. The number of aliphatic carboxylic acids is 1. The van der Waals surface area contributed by atoms with E-state index >= 15 is 0 Å². The molecule has 2 rings (SSSR count). The molecular weight excluding hydrogens is 228 g/mol. The van der Waals surface area contributed by atoms with Crippen LogP contribution in [0, 0.1) is 11.8 Å². The molecule has 1 heterocycles. The Balaban J connectivity index is 1.65. The second kappa shape index (κ2) is 7.10. The monoisotopic (exact) mass is 254 g/mol. The zero-order valence-electron chi connectivity index (χ0n) is 11.2. The van der Waals surface area contributed by atoms with Gasteiger partial charge in [0, 0.05) is 13.1 Å². The summed E-state index contributed by atoms with van der Waals surface area (Å²) in [5.41, 5.74) is 0. The summed E-state index contributed by atoms with van der Waals surface area (Å²) in [6.45, 7) is 4.62. The van der Waals surface area contributed by atoms with Crippen molar-refractivity contribution in [3.05, 3.63) is 0 Å². The molecule has 2 fully saturated rings. The SMILES string of the molecule is O=C(O)CNCC1CCCN(CC2CCCC2)C1. The number of rotatable bonds is 6. The van der Waals surface area contributed by atoms with E-state index in [-0.39, 0.29) is 6.54 Å². The first-order valence-electron chi connectivity index (χ1n) is 7.39. The van der Waals surface area contributed by atoms with Crippen LogP contribution in [0.2, 0.25) is 0 Å². The van der Waals surface area contributed by atoms with Gasteiger partial charge in [-0.15, -0.1) is 0 Å². The quantitative estimate of drug-likeness (QED) is 0.755. The van der Waals surface area contributed by atoms with Crippen LogP contribution in [0.4, 0.5) is 0 Å². The predicted molar refractivity (Wildman–Crippen MR) is 71.6 cm³/mol. The average Bonchev–Trinajstić information content (AvgIpc) is 2.82. The maximum absolute atomic E-state index is 10.5. The van der Waals surface area contributed by atoms with Gasteiger partial charge in [-0.3, -0.25) is 4.79 Å². The summed E-state index contributed by atoms with van der Waals surface area (Å²) in [6, 6.07) is 0. The Morgan fingerprint density at radius 3 is 2.61 bits per heavy atom. The van der Waals surface area contributed by atoms with Crippen molar-refractivity contribution in [2.75, 3.05) is 32.7 Å². The van der Waals surface area contributed by atoms with E-state index < -0.39 is 5.97 Å². The van der Waals surface area contributed by atoms with E-state index in [1.807, 2.05) is 0 Å². The molecule has 4 heteroatoms. The molecule has 1 saturated heterocycles. The second-order valence-corrected chi connectivity index (χ2v) is 5.94. The third-order valence-corrected chi connectivity index (χ3v) is 4.30. The Morgan fingerprint density at radius 1 is 1.17 bits per heavy atom. The van der Waals surface area contributed by atoms with E-state index in [4.69, 9.17) is 5.11 Å². The highest BCUT2D eigenvalue weighted by Crippen LogP contribution is 2.27. The van der Waals surface area contributed by atoms with Crippen LogP contribution in [0.25, 0.3) is 0 Å². The highest BCUT2D eigenvalue weighted by molar-refractivity contribution is 5.68. The molecule has 0 spiro atoms. The van der Waals surface area contributed by atoms with Gasteiger partial charge in [-0.2, -0.15) is 0 Å². The van der Waals surface area contributed by atoms with Crippen LogP contribution in [-0.2, 0) is 4.79 Å². The van der Waals surface area contributed by atoms with Crippen LogP contribution >= 0.6 is 0 Å². The lowest BCUT2D eigenvalue weighted by atomic mass is 9.96. The summed E-state index contributed by atoms with van der Waals surface area (Å²) >= 11 is 0. The highest BCUT2D eigenvalue weighted by atomic mass is 16.4. The van der Waals surface area contributed by atoms with Gasteiger partial charge in [-0.05, 0) is 50.6 Å². The summed E-state index contributed by atoms with van der Waals surface area (Å²) in [5, 5.41) is 11.7. The average molecular weight is 254 g/mol. The van der Waals surface area contributed by atoms with Crippen LogP contribution in [-0.4, -0.2) is 48.7 Å². The first-order valence-corrected chi connectivity index (χ1v) is 7.39. The number of carboxylic acids is 1. The summed E-state index contributed by atoms with van der Waals surface area (Å²) in [7, 11) is 0. The zero-order valence-corrected chi connectivity index (χ0v) is 11.2. The minimum Gasteiger partial charge on any atom is -0.480 e. The largest absolute Gasteiger partial charge is 0.480 e. The number of hydrogen-bond acceptors (Lipinski definition) is 3. The van der Waals surface area contributed by atoms with Gasteiger partial charge in [-0.1, -0.05) is 12.8 Å². The number of piperidine rings is 1. The number of carboxylic acid groups (broad SMARTS) is 1.